The molecule has 0 bridgehead atoms. The molecule has 0 aliphatic carbocycles. The molecule has 2 aliphatic rings. The van der Waals surface area contributed by atoms with E-state index in [4.69, 9.17) is 11.6 Å². The molecule has 2 heterocycles. The van der Waals surface area contributed by atoms with E-state index < -0.39 is 21.5 Å². The van der Waals surface area contributed by atoms with Crippen molar-refractivity contribution in [2.24, 2.45) is 0 Å². The van der Waals surface area contributed by atoms with E-state index in [-0.39, 0.29) is 17.5 Å². The Kier molecular flexibility index (Phi) is 4.63. The number of hydrogen-bond donors (Lipinski definition) is 1. The van der Waals surface area contributed by atoms with Crippen LogP contribution in [0.1, 0.15) is 26.2 Å². The first-order valence-corrected chi connectivity index (χ1v) is 9.83. The fourth-order valence-electron chi connectivity index (χ4n) is 3.68. The van der Waals surface area contributed by atoms with Gasteiger partial charge in [-0.25, -0.2) is 8.42 Å². The third kappa shape index (κ3) is 2.94. The van der Waals surface area contributed by atoms with E-state index in [1.807, 2.05) is 0 Å². The second-order valence-corrected chi connectivity index (χ2v) is 8.97. The fourth-order valence-corrected chi connectivity index (χ4v) is 5.77. The van der Waals surface area contributed by atoms with Crippen molar-refractivity contribution < 1.29 is 18.3 Å². The van der Waals surface area contributed by atoms with Crippen LogP contribution in [0.5, 0.6) is 0 Å². The Morgan fingerprint density at radius 1 is 1.33 bits per heavy atom. The van der Waals surface area contributed by atoms with Gasteiger partial charge >= 0.3 is 5.97 Å². The number of nitrogens with zero attached hydrogens (tertiary/aromatic N) is 2. The van der Waals surface area contributed by atoms with Crippen molar-refractivity contribution in [3.63, 3.8) is 0 Å². The summed E-state index contributed by atoms with van der Waals surface area (Å²) in [4.78, 5) is 14.1. The van der Waals surface area contributed by atoms with E-state index >= 15 is 0 Å². The zero-order valence-electron chi connectivity index (χ0n) is 13.5. The van der Waals surface area contributed by atoms with E-state index in [0.29, 0.717) is 11.4 Å². The molecule has 1 aromatic carbocycles. The average Bonchev–Trinajstić information content (AvgIpc) is 3.15. The minimum atomic E-state index is -3.93. The van der Waals surface area contributed by atoms with Crippen molar-refractivity contribution in [3.05, 3.63) is 29.3 Å². The number of sulfonamides is 1. The molecule has 0 spiro atoms. The molecular formula is C16H21ClN2O4S. The monoisotopic (exact) mass is 372 g/mol. The van der Waals surface area contributed by atoms with Gasteiger partial charge in [0.05, 0.1) is 4.90 Å². The van der Waals surface area contributed by atoms with Crippen molar-refractivity contribution in [3.8, 4) is 0 Å². The van der Waals surface area contributed by atoms with Crippen molar-refractivity contribution in [1.29, 1.82) is 0 Å². The molecule has 2 saturated heterocycles. The standard InChI is InChI=1S/C16H21ClN2O4S/c1-16(15(20)21)10-13(18-7-2-3-8-18)11-19(16)24(22,23)14-6-4-5-12(17)9-14/h4-6,9,13H,2-3,7-8,10-11H2,1H3,(H,20,21)/t13-,16?/m1/s1. The molecule has 6 nitrogen and oxygen atoms in total. The summed E-state index contributed by atoms with van der Waals surface area (Å²) in [6, 6.07) is 5.90. The highest BCUT2D eigenvalue weighted by atomic mass is 35.5. The van der Waals surface area contributed by atoms with Crippen LogP contribution in [0.2, 0.25) is 5.02 Å². The Hall–Kier alpha value is -1.15. The molecule has 0 saturated carbocycles. The minimum absolute atomic E-state index is 0.0320. The van der Waals surface area contributed by atoms with Crippen LogP contribution in [0.15, 0.2) is 29.2 Å². The van der Waals surface area contributed by atoms with Gasteiger partial charge in [0.15, 0.2) is 0 Å². The molecule has 2 aliphatic heterocycles. The van der Waals surface area contributed by atoms with Gasteiger partial charge in [-0.2, -0.15) is 4.31 Å². The van der Waals surface area contributed by atoms with Crippen molar-refractivity contribution in [2.45, 2.75) is 42.7 Å². The van der Waals surface area contributed by atoms with Crippen LogP contribution in [-0.2, 0) is 14.8 Å². The van der Waals surface area contributed by atoms with E-state index in [1.54, 1.807) is 12.1 Å². The lowest BCUT2D eigenvalue weighted by Crippen LogP contribution is -2.50. The first kappa shape index (κ1) is 17.7. The summed E-state index contributed by atoms with van der Waals surface area (Å²) in [7, 11) is -3.93. The van der Waals surface area contributed by atoms with Crippen LogP contribution in [0.4, 0.5) is 0 Å². The Labute approximate surface area is 147 Å². The maximum Gasteiger partial charge on any atom is 0.324 e. The molecule has 0 radical (unpaired) electrons. The number of carboxylic acids is 1. The van der Waals surface area contributed by atoms with Gasteiger partial charge in [-0.05, 0) is 57.5 Å². The summed E-state index contributed by atoms with van der Waals surface area (Å²) in [5.74, 6) is -1.12. The second-order valence-electron chi connectivity index (χ2n) is 6.67. The van der Waals surface area contributed by atoms with E-state index in [2.05, 4.69) is 4.90 Å². The first-order valence-electron chi connectivity index (χ1n) is 8.01. The maximum absolute atomic E-state index is 13.1. The highest BCUT2D eigenvalue weighted by molar-refractivity contribution is 7.89. The normalized spacial score (nSPS) is 29.2. The maximum atomic E-state index is 13.1. The van der Waals surface area contributed by atoms with Gasteiger partial charge in [-0.3, -0.25) is 9.69 Å². The number of hydrogen-bond acceptors (Lipinski definition) is 4. The molecule has 3 rings (SSSR count). The number of aliphatic carboxylic acids is 1. The Bertz CT molecular complexity index is 748. The molecule has 1 N–H and O–H groups in total. The molecule has 2 atom stereocenters. The predicted molar refractivity (Wildman–Crippen MR) is 90.6 cm³/mol. The largest absolute Gasteiger partial charge is 0.480 e. The number of rotatable bonds is 4. The molecule has 1 unspecified atom stereocenters. The lowest BCUT2D eigenvalue weighted by Gasteiger charge is -2.29. The van der Waals surface area contributed by atoms with Gasteiger partial charge in [-0.1, -0.05) is 17.7 Å². The highest BCUT2D eigenvalue weighted by Gasteiger charge is 2.54. The average molecular weight is 373 g/mol. The van der Waals surface area contributed by atoms with Crippen molar-refractivity contribution in [1.82, 2.24) is 9.21 Å². The number of carbonyl (C=O) groups is 1. The Morgan fingerprint density at radius 2 is 2.00 bits per heavy atom. The second kappa shape index (κ2) is 6.29. The first-order chi connectivity index (χ1) is 11.2. The van der Waals surface area contributed by atoms with Gasteiger partial charge in [0.1, 0.15) is 5.54 Å². The highest BCUT2D eigenvalue weighted by Crippen LogP contribution is 2.38. The van der Waals surface area contributed by atoms with Gasteiger partial charge < -0.3 is 5.11 Å². The number of likely N-dealkylation sites (tertiary alicyclic amines) is 1. The zero-order valence-corrected chi connectivity index (χ0v) is 15.1. The molecule has 24 heavy (non-hydrogen) atoms. The molecule has 8 heteroatoms. The molecule has 132 valence electrons. The number of halogens is 1. The molecule has 0 amide bonds. The summed E-state index contributed by atoms with van der Waals surface area (Å²) in [5, 5.41) is 10.0. The fraction of sp³-hybridized carbons (Fsp3) is 0.562. The summed E-state index contributed by atoms with van der Waals surface area (Å²) < 4.78 is 27.2. The van der Waals surface area contributed by atoms with Crippen LogP contribution in [0, 0.1) is 0 Å². The minimum Gasteiger partial charge on any atom is -0.480 e. The zero-order chi connectivity index (χ0) is 17.5. The Morgan fingerprint density at radius 3 is 2.58 bits per heavy atom. The smallest absolute Gasteiger partial charge is 0.324 e. The van der Waals surface area contributed by atoms with Crippen LogP contribution in [0.25, 0.3) is 0 Å². The quantitative estimate of drug-likeness (QED) is 0.875. The predicted octanol–water partition coefficient (Wildman–Crippen LogP) is 2.04. The van der Waals surface area contributed by atoms with E-state index in [1.165, 1.54) is 19.1 Å². The van der Waals surface area contributed by atoms with Crippen LogP contribution < -0.4 is 0 Å². The summed E-state index contributed by atoms with van der Waals surface area (Å²) in [6.07, 6.45) is 2.44. The molecule has 0 aromatic heterocycles. The van der Waals surface area contributed by atoms with Crippen LogP contribution in [0.3, 0.4) is 0 Å². The third-order valence-corrected chi connectivity index (χ3v) is 7.28. The van der Waals surface area contributed by atoms with Gasteiger partial charge in [0.2, 0.25) is 10.0 Å². The van der Waals surface area contributed by atoms with Gasteiger partial charge in [0, 0.05) is 17.6 Å². The van der Waals surface area contributed by atoms with E-state index in [9.17, 15) is 18.3 Å². The van der Waals surface area contributed by atoms with Gasteiger partial charge in [0.25, 0.3) is 0 Å². The lowest BCUT2D eigenvalue weighted by molar-refractivity contribution is -0.146. The summed E-state index contributed by atoms with van der Waals surface area (Å²) >= 11 is 5.92. The molecular weight excluding hydrogens is 352 g/mol. The molecule has 2 fully saturated rings. The Balaban J connectivity index is 1.98. The number of carboxylic acid groups (broad SMARTS) is 1. The summed E-state index contributed by atoms with van der Waals surface area (Å²) in [5.41, 5.74) is -1.45. The van der Waals surface area contributed by atoms with Gasteiger partial charge in [-0.15, -0.1) is 0 Å². The van der Waals surface area contributed by atoms with Crippen molar-refractivity contribution >= 4 is 27.6 Å². The summed E-state index contributed by atoms with van der Waals surface area (Å²) in [6.45, 7) is 3.47. The third-order valence-electron chi connectivity index (χ3n) is 5.06. The van der Waals surface area contributed by atoms with Crippen LogP contribution in [-0.4, -0.2) is 59.9 Å². The SMILES string of the molecule is CC1(C(=O)O)C[C@@H](N2CCCC2)CN1S(=O)(=O)c1cccc(Cl)c1. The lowest BCUT2D eigenvalue weighted by atomic mass is 9.98. The van der Waals surface area contributed by atoms with Crippen molar-refractivity contribution in [2.75, 3.05) is 19.6 Å². The van der Waals surface area contributed by atoms with Crippen LogP contribution >= 0.6 is 11.6 Å². The van der Waals surface area contributed by atoms with E-state index in [0.717, 1.165) is 30.2 Å². The topological polar surface area (TPSA) is 77.9 Å². The number of benzene rings is 1. The molecule has 1 aromatic rings.